The topological polar surface area (TPSA) is 24.4 Å². The number of fused-ring (bicyclic) bond motifs is 1. The zero-order valence-corrected chi connectivity index (χ0v) is 5.56. The van der Waals surface area contributed by atoms with Gasteiger partial charge in [0.05, 0.1) is 12.4 Å². The van der Waals surface area contributed by atoms with Gasteiger partial charge in [-0.1, -0.05) is 17.8 Å². The summed E-state index contributed by atoms with van der Waals surface area (Å²) < 4.78 is 0. The Bertz CT molecular complexity index is 205. The summed E-state index contributed by atoms with van der Waals surface area (Å²) in [6, 6.07) is 0.410. The summed E-state index contributed by atoms with van der Waals surface area (Å²) in [5.41, 5.74) is 0. The molecule has 2 aliphatic heterocycles. The molecule has 3 heteroatoms. The highest BCUT2D eigenvalue weighted by atomic mass is 32.2. The Hall–Kier alpha value is -0.700. The Morgan fingerprint density at radius 1 is 1.67 bits per heavy atom. The summed E-state index contributed by atoms with van der Waals surface area (Å²) >= 11 is 1.73. The van der Waals surface area contributed by atoms with Gasteiger partial charge < -0.3 is 5.32 Å². The Labute approximate surface area is 57.7 Å². The highest BCUT2D eigenvalue weighted by Gasteiger charge is 2.15. The van der Waals surface area contributed by atoms with Crippen LogP contribution in [0.15, 0.2) is 27.6 Å². The molecule has 9 heavy (non-hydrogen) atoms. The van der Waals surface area contributed by atoms with Crippen LogP contribution in [-0.4, -0.2) is 12.4 Å². The Balaban J connectivity index is 2.29. The molecule has 1 unspecified atom stereocenters. The summed E-state index contributed by atoms with van der Waals surface area (Å²) in [6.45, 7) is 0. The molecule has 0 spiro atoms. The zero-order valence-electron chi connectivity index (χ0n) is 4.74. The highest BCUT2D eigenvalue weighted by Crippen LogP contribution is 2.29. The fourth-order valence-electron chi connectivity index (χ4n) is 0.847. The van der Waals surface area contributed by atoms with Crippen LogP contribution in [0.3, 0.4) is 0 Å². The lowest BCUT2D eigenvalue weighted by Crippen LogP contribution is -2.26. The standard InChI is InChI=1S/C6H6N2S/c1-2-9-6-3-7-4-8-5(1)6/h1-5H,(H,7,8). The van der Waals surface area contributed by atoms with Crippen LogP contribution in [0.25, 0.3) is 0 Å². The van der Waals surface area contributed by atoms with Crippen LogP contribution in [0, 0.1) is 0 Å². The van der Waals surface area contributed by atoms with Crippen molar-refractivity contribution in [1.29, 1.82) is 0 Å². The minimum absolute atomic E-state index is 0.410. The van der Waals surface area contributed by atoms with Crippen molar-refractivity contribution < 1.29 is 0 Å². The lowest BCUT2D eigenvalue weighted by Gasteiger charge is -2.11. The van der Waals surface area contributed by atoms with Gasteiger partial charge in [0.25, 0.3) is 0 Å². The summed E-state index contributed by atoms with van der Waals surface area (Å²) in [5, 5.41) is 5.19. The van der Waals surface area contributed by atoms with Crippen LogP contribution in [0.4, 0.5) is 0 Å². The number of nitrogens with zero attached hydrogens (tertiary/aromatic N) is 1. The number of thioether (sulfide) groups is 1. The fourth-order valence-corrected chi connectivity index (χ4v) is 1.65. The van der Waals surface area contributed by atoms with Gasteiger partial charge >= 0.3 is 0 Å². The van der Waals surface area contributed by atoms with Gasteiger partial charge in [-0.3, -0.25) is 0 Å². The number of hydrogen-bond acceptors (Lipinski definition) is 3. The van der Waals surface area contributed by atoms with E-state index < -0.39 is 0 Å². The van der Waals surface area contributed by atoms with Crippen LogP contribution in [0.5, 0.6) is 0 Å². The predicted octanol–water partition coefficient (Wildman–Crippen LogP) is 1.09. The second-order valence-electron chi connectivity index (χ2n) is 1.90. The molecular formula is C6H6N2S. The van der Waals surface area contributed by atoms with Crippen molar-refractivity contribution >= 4 is 18.1 Å². The summed E-state index contributed by atoms with van der Waals surface area (Å²) in [6.07, 6.45) is 5.75. The maximum absolute atomic E-state index is 3.96. The molecule has 0 saturated carbocycles. The first kappa shape index (κ1) is 5.11. The van der Waals surface area contributed by atoms with Gasteiger partial charge in [0.15, 0.2) is 0 Å². The molecule has 1 N–H and O–H groups in total. The minimum Gasteiger partial charge on any atom is -0.365 e. The van der Waals surface area contributed by atoms with Crippen molar-refractivity contribution in [3.05, 3.63) is 22.6 Å². The molecule has 2 aliphatic rings. The molecule has 2 rings (SSSR count). The molecule has 2 heterocycles. The van der Waals surface area contributed by atoms with E-state index in [2.05, 4.69) is 21.8 Å². The molecular weight excluding hydrogens is 132 g/mol. The van der Waals surface area contributed by atoms with Crippen LogP contribution in [0.1, 0.15) is 0 Å². The van der Waals surface area contributed by atoms with Crippen molar-refractivity contribution in [1.82, 2.24) is 5.32 Å². The first-order chi connectivity index (χ1) is 4.47. The van der Waals surface area contributed by atoms with Gasteiger partial charge in [-0.05, 0) is 5.41 Å². The number of aliphatic imine (C=N–C) groups is 1. The molecule has 0 saturated heterocycles. The second kappa shape index (κ2) is 1.92. The van der Waals surface area contributed by atoms with Gasteiger partial charge in [0, 0.05) is 11.1 Å². The van der Waals surface area contributed by atoms with Crippen molar-refractivity contribution in [2.75, 3.05) is 0 Å². The van der Waals surface area contributed by atoms with Crippen molar-refractivity contribution in [2.24, 2.45) is 4.99 Å². The SMILES string of the molecule is C1=CC2NC=NC=C2S1. The molecule has 0 amide bonds. The lowest BCUT2D eigenvalue weighted by atomic mass is 10.3. The Morgan fingerprint density at radius 3 is 3.56 bits per heavy atom. The smallest absolute Gasteiger partial charge is 0.0886 e. The summed E-state index contributed by atoms with van der Waals surface area (Å²) in [4.78, 5) is 5.25. The van der Waals surface area contributed by atoms with Crippen LogP contribution >= 0.6 is 11.8 Å². The van der Waals surface area contributed by atoms with Crippen molar-refractivity contribution in [3.8, 4) is 0 Å². The summed E-state index contributed by atoms with van der Waals surface area (Å²) in [7, 11) is 0. The minimum atomic E-state index is 0.410. The molecule has 0 bridgehead atoms. The van der Waals surface area contributed by atoms with Crippen LogP contribution in [-0.2, 0) is 0 Å². The van der Waals surface area contributed by atoms with Crippen LogP contribution in [0.2, 0.25) is 0 Å². The normalized spacial score (nSPS) is 29.3. The van der Waals surface area contributed by atoms with E-state index in [-0.39, 0.29) is 0 Å². The first-order valence-electron chi connectivity index (χ1n) is 2.78. The van der Waals surface area contributed by atoms with Gasteiger partial charge in [-0.2, -0.15) is 0 Å². The number of hydrogen-bond donors (Lipinski definition) is 1. The maximum atomic E-state index is 3.96. The van der Waals surface area contributed by atoms with E-state index in [4.69, 9.17) is 0 Å². The molecule has 0 aliphatic carbocycles. The average molecular weight is 138 g/mol. The first-order valence-corrected chi connectivity index (χ1v) is 3.66. The Kier molecular flexibility index (Phi) is 1.09. The van der Waals surface area contributed by atoms with E-state index in [9.17, 15) is 0 Å². The predicted molar refractivity (Wildman–Crippen MR) is 40.2 cm³/mol. The van der Waals surface area contributed by atoms with Gasteiger partial charge in [0.1, 0.15) is 0 Å². The third kappa shape index (κ3) is 0.772. The van der Waals surface area contributed by atoms with Gasteiger partial charge in [-0.15, -0.1) is 0 Å². The maximum Gasteiger partial charge on any atom is 0.0886 e. The number of rotatable bonds is 0. The van der Waals surface area contributed by atoms with Crippen molar-refractivity contribution in [3.63, 3.8) is 0 Å². The zero-order chi connectivity index (χ0) is 6.10. The molecule has 0 radical (unpaired) electrons. The number of nitrogens with one attached hydrogen (secondary N) is 1. The molecule has 0 aromatic carbocycles. The van der Waals surface area contributed by atoms with E-state index in [1.165, 1.54) is 4.91 Å². The molecule has 0 aromatic rings. The van der Waals surface area contributed by atoms with Gasteiger partial charge in [-0.25, -0.2) is 4.99 Å². The van der Waals surface area contributed by atoms with Gasteiger partial charge in [0.2, 0.25) is 0 Å². The second-order valence-corrected chi connectivity index (χ2v) is 2.88. The molecule has 1 atom stereocenters. The largest absolute Gasteiger partial charge is 0.365 e. The summed E-state index contributed by atoms with van der Waals surface area (Å²) in [5.74, 6) is 0. The molecule has 0 aromatic heterocycles. The van der Waals surface area contributed by atoms with E-state index in [1.807, 2.05) is 6.20 Å². The van der Waals surface area contributed by atoms with Crippen LogP contribution < -0.4 is 5.32 Å². The quantitative estimate of drug-likeness (QED) is 0.542. The molecule has 2 nitrogen and oxygen atoms in total. The molecule has 46 valence electrons. The van der Waals surface area contributed by atoms with E-state index >= 15 is 0 Å². The highest BCUT2D eigenvalue weighted by molar-refractivity contribution is 8.06. The molecule has 0 fully saturated rings. The van der Waals surface area contributed by atoms with E-state index in [1.54, 1.807) is 18.1 Å². The van der Waals surface area contributed by atoms with Crippen molar-refractivity contribution in [2.45, 2.75) is 6.04 Å². The fraction of sp³-hybridized carbons (Fsp3) is 0.167. The lowest BCUT2D eigenvalue weighted by molar-refractivity contribution is 0.876. The Morgan fingerprint density at radius 2 is 2.67 bits per heavy atom. The monoisotopic (exact) mass is 138 g/mol. The van der Waals surface area contributed by atoms with E-state index in [0.29, 0.717) is 6.04 Å². The third-order valence-corrected chi connectivity index (χ3v) is 2.24. The van der Waals surface area contributed by atoms with E-state index in [0.717, 1.165) is 0 Å². The average Bonchev–Trinajstić information content (AvgIpc) is 2.33. The third-order valence-electron chi connectivity index (χ3n) is 1.31.